The molecule has 9 nitrogen and oxygen atoms in total. The van der Waals surface area contributed by atoms with E-state index in [1.165, 1.54) is 0 Å². The van der Waals surface area contributed by atoms with E-state index in [4.69, 9.17) is 38.4 Å². The molecule has 0 atom stereocenters. The third kappa shape index (κ3) is 231. The number of rotatable bonds is 0. The Morgan fingerprint density at radius 1 is 0.875 bits per heavy atom. The van der Waals surface area contributed by atoms with Gasteiger partial charge in [-0.05, 0) is 0 Å². The van der Waals surface area contributed by atoms with Crippen molar-refractivity contribution in [3.63, 3.8) is 0 Å². The Kier molecular flexibility index (Phi) is 78.3. The molecule has 0 aliphatic rings. The van der Waals surface area contributed by atoms with Crippen molar-refractivity contribution in [2.75, 3.05) is 0 Å². The summed E-state index contributed by atoms with van der Waals surface area (Å²) in [5.74, 6) is 0. The first-order chi connectivity index (χ1) is 4.00. The smallest absolute Gasteiger partial charge is 0 e. The van der Waals surface area contributed by atoms with Crippen LogP contribution in [0.3, 0.4) is 0 Å². The van der Waals surface area contributed by atoms with Gasteiger partial charge in [0.15, 0.2) is 17.4 Å². The Labute approximate surface area is 213 Å². The average molecular weight is 481 g/mol. The predicted octanol–water partition coefficient (Wildman–Crippen LogP) is -8.30. The van der Waals surface area contributed by atoms with Crippen molar-refractivity contribution in [2.24, 2.45) is 0 Å². The molecular weight excluding hydrogens is 463 g/mol. The monoisotopic (exact) mass is 480 g/mol. The number of hydrogen-bond acceptors (Lipinski definition) is 5. The molecule has 0 aromatic heterocycles. The van der Waals surface area contributed by atoms with Gasteiger partial charge in [-0.3, -0.25) is 0 Å². The Morgan fingerprint density at radius 2 is 0.875 bits per heavy atom. The summed E-state index contributed by atoms with van der Waals surface area (Å²) in [5, 5.41) is 0. The van der Waals surface area contributed by atoms with E-state index in [0.717, 1.165) is 0 Å². The molecular formula is H18AlCa2O9PSiSrZn. The summed E-state index contributed by atoms with van der Waals surface area (Å²) in [5.41, 5.74) is 0. The summed E-state index contributed by atoms with van der Waals surface area (Å²) in [6, 6.07) is 0. The zero-order valence-electron chi connectivity index (χ0n) is 5.69. The molecule has 0 amide bonds. The van der Waals surface area contributed by atoms with Gasteiger partial charge in [0.1, 0.15) is 0 Å². The standard InChI is InChI=1S/Al.2Ca.H3O4P.H4O4Si.H2O.Sr.Zn.9H/c;;;2*1-5(2,3)4;;;;;;;;;;;;/h;;;(H3,1,2,3,4);1-4H;1H2;;;;;;;;;;;. The quantitative estimate of drug-likeness (QED) is 0.131. The molecule has 0 aromatic rings. The van der Waals surface area contributed by atoms with Crippen LogP contribution < -0.4 is 0 Å². The summed E-state index contributed by atoms with van der Waals surface area (Å²) in [6.07, 6.45) is 0. The third-order valence-corrected chi connectivity index (χ3v) is 0. The molecule has 0 aromatic carbocycles. The Hall–Kier alpha value is 5.28. The first-order valence-corrected chi connectivity index (χ1v) is 5.03. The Balaban J connectivity index is -0.00000000970. The van der Waals surface area contributed by atoms with Crippen molar-refractivity contribution in [3.8, 4) is 0 Å². The van der Waals surface area contributed by atoms with Crippen LogP contribution in [-0.2, 0) is 24.0 Å². The Bertz CT molecular complexity index is 126. The summed E-state index contributed by atoms with van der Waals surface area (Å²) in [6.45, 7) is 0. The van der Waals surface area contributed by atoms with Crippen LogP contribution in [0.15, 0.2) is 0 Å². The van der Waals surface area contributed by atoms with Crippen LogP contribution in [0.1, 0.15) is 0 Å². The van der Waals surface area contributed by atoms with E-state index < -0.39 is 16.9 Å². The summed E-state index contributed by atoms with van der Waals surface area (Å²) >= 11 is 0. The summed E-state index contributed by atoms with van der Waals surface area (Å²) in [7, 11) is -9.25. The van der Waals surface area contributed by atoms with Crippen molar-refractivity contribution in [1.29, 1.82) is 0 Å². The maximum absolute atomic E-state index is 8.88. The van der Waals surface area contributed by atoms with Gasteiger partial charge in [0.2, 0.25) is 0 Å². The second-order valence-electron chi connectivity index (χ2n) is 1.11. The maximum Gasteiger partial charge on any atom is 0 e. The van der Waals surface area contributed by atoms with E-state index in [0.29, 0.717) is 0 Å². The van der Waals surface area contributed by atoms with E-state index in [2.05, 4.69) is 0 Å². The minimum Gasteiger partial charge on any atom is 0 e. The van der Waals surface area contributed by atoms with Gasteiger partial charge in [0.05, 0.1) is 0 Å². The number of phosphoric acid groups is 1. The fraction of sp³-hybridized carbons (Fsp3) is 0. The van der Waals surface area contributed by atoms with Crippen molar-refractivity contribution in [3.05, 3.63) is 0 Å². The van der Waals surface area contributed by atoms with Crippen molar-refractivity contribution >= 4 is 155 Å². The minimum atomic E-state index is -4.64. The second-order valence-corrected chi connectivity index (χ2v) is 3.34. The molecule has 0 aliphatic heterocycles. The number of hydrogen-bond donors (Lipinski definition) is 7. The van der Waals surface area contributed by atoms with Crippen LogP contribution in [0, 0.1) is 0 Å². The fourth-order valence-corrected chi connectivity index (χ4v) is 0. The zero-order chi connectivity index (χ0) is 9.00. The predicted molar refractivity (Wildman–Crippen MR) is 68.1 cm³/mol. The van der Waals surface area contributed by atoms with Crippen LogP contribution in [0.25, 0.3) is 0 Å². The molecule has 0 saturated heterocycles. The van der Waals surface area contributed by atoms with E-state index >= 15 is 0 Å². The van der Waals surface area contributed by atoms with Gasteiger partial charge in [0, 0.05) is 19.5 Å². The molecule has 92 valence electrons. The molecule has 0 rings (SSSR count). The van der Waals surface area contributed by atoms with Crippen LogP contribution in [0.5, 0.6) is 0 Å². The van der Waals surface area contributed by atoms with Gasteiger partial charge in [-0.15, -0.1) is 0 Å². The summed E-state index contributed by atoms with van der Waals surface area (Å²) < 4.78 is 8.88. The maximum atomic E-state index is 8.88. The van der Waals surface area contributed by atoms with Crippen molar-refractivity contribution in [1.82, 2.24) is 0 Å². The largest absolute Gasteiger partial charge is 0 e. The molecule has 0 bridgehead atoms. The molecule has 0 radical (unpaired) electrons. The van der Waals surface area contributed by atoms with Crippen LogP contribution in [-0.4, -0.2) is 187 Å². The molecule has 0 fully saturated rings. The van der Waals surface area contributed by atoms with Crippen molar-refractivity contribution < 1.29 is 63.4 Å². The van der Waals surface area contributed by atoms with Crippen molar-refractivity contribution in [2.45, 2.75) is 0 Å². The van der Waals surface area contributed by atoms with Gasteiger partial charge in [0.25, 0.3) is 0 Å². The molecule has 9 N–H and O–H groups in total. The molecule has 16 heteroatoms. The first-order valence-electron chi connectivity index (χ1n) is 1.68. The molecule has 0 unspecified atom stereocenters. The Morgan fingerprint density at radius 3 is 0.875 bits per heavy atom. The van der Waals surface area contributed by atoms with Crippen LogP contribution in [0.2, 0.25) is 0 Å². The van der Waals surface area contributed by atoms with E-state index in [-0.39, 0.29) is 163 Å². The van der Waals surface area contributed by atoms with Crippen LogP contribution >= 0.6 is 7.82 Å². The normalized spacial score (nSPS) is 7.44. The zero-order valence-corrected chi connectivity index (χ0v) is 10.6. The van der Waals surface area contributed by atoms with Gasteiger partial charge < -0.3 is 39.3 Å². The molecule has 0 heterocycles. The molecule has 16 heavy (non-hydrogen) atoms. The average Bonchev–Trinajstić information content (AvgIpc) is 1.12. The van der Waals surface area contributed by atoms with Gasteiger partial charge in [-0.2, -0.15) is 0 Å². The van der Waals surface area contributed by atoms with Gasteiger partial charge in [-0.25, -0.2) is 4.57 Å². The fourth-order valence-electron chi connectivity index (χ4n) is 0. The van der Waals surface area contributed by atoms with Gasteiger partial charge >= 0.3 is 138 Å². The summed E-state index contributed by atoms with van der Waals surface area (Å²) in [4.78, 5) is 50.9. The van der Waals surface area contributed by atoms with Crippen LogP contribution in [0.4, 0.5) is 0 Å². The van der Waals surface area contributed by atoms with E-state index in [1.807, 2.05) is 0 Å². The molecule has 0 aliphatic carbocycles. The van der Waals surface area contributed by atoms with E-state index in [1.54, 1.807) is 0 Å². The minimum absolute atomic E-state index is 0. The first kappa shape index (κ1) is 49.6. The topological polar surface area (TPSA) is 190 Å². The van der Waals surface area contributed by atoms with E-state index in [9.17, 15) is 0 Å². The van der Waals surface area contributed by atoms with Gasteiger partial charge in [-0.1, -0.05) is 0 Å². The SMILES string of the molecule is O.O=P(O)(O)O.O[Si](O)(O)O.[AlH3].[CaH2].[CaH2].[SrH2].[Zn]. The second kappa shape index (κ2) is 25.2. The molecule has 0 spiro atoms. The third-order valence-electron chi connectivity index (χ3n) is 0. The molecule has 0 saturated carbocycles.